The molecule has 0 spiro atoms. The molecule has 2 rings (SSSR count). The van der Waals surface area contributed by atoms with E-state index < -0.39 is 24.0 Å². The molecule has 1 aromatic carbocycles. The molecule has 0 saturated carbocycles. The van der Waals surface area contributed by atoms with Crippen molar-refractivity contribution in [2.24, 2.45) is 0 Å². The van der Waals surface area contributed by atoms with Gasteiger partial charge in [0, 0.05) is 40.9 Å². The largest absolute Gasteiger partial charge is 0.480 e. The Morgan fingerprint density at radius 3 is 2.45 bits per heavy atom. The summed E-state index contributed by atoms with van der Waals surface area (Å²) in [5.41, 5.74) is 1.81. The first-order valence-electron chi connectivity index (χ1n) is 9.22. The van der Waals surface area contributed by atoms with Crippen LogP contribution in [0.1, 0.15) is 33.3 Å². The van der Waals surface area contributed by atoms with Crippen LogP contribution in [0.4, 0.5) is 0 Å². The van der Waals surface area contributed by atoms with E-state index in [1.165, 1.54) is 17.7 Å². The molecule has 158 valence electrons. The molecule has 0 aliphatic rings. The van der Waals surface area contributed by atoms with E-state index in [0.29, 0.717) is 0 Å². The Hall–Kier alpha value is -2.13. The van der Waals surface area contributed by atoms with E-state index in [4.69, 9.17) is 0 Å². The van der Waals surface area contributed by atoms with Crippen LogP contribution in [0.25, 0.3) is 10.9 Å². The molecule has 0 saturated heterocycles. The Bertz CT molecular complexity index is 876. The standard InChI is InChI=1S/C20H27N3O4S2/c1-12(24)22-16(9-13-10-21-15-8-6-5-7-14(13)15)18(25)23-17(19(26)27)11-28-29-20(2,3)4/h5-8,10,16-17,21H,9,11H2,1-4H3,(H,22,24)(H,23,25)(H,26,27)/t16-,17?/m0/s1. The lowest BCUT2D eigenvalue weighted by Gasteiger charge is -2.22. The van der Waals surface area contributed by atoms with Gasteiger partial charge in [0.25, 0.3) is 0 Å². The van der Waals surface area contributed by atoms with Gasteiger partial charge in [-0.2, -0.15) is 0 Å². The van der Waals surface area contributed by atoms with Crippen LogP contribution in [-0.2, 0) is 20.8 Å². The van der Waals surface area contributed by atoms with Crippen LogP contribution in [0.2, 0.25) is 0 Å². The summed E-state index contributed by atoms with van der Waals surface area (Å²) in [5, 5.41) is 15.7. The number of H-pyrrole nitrogens is 1. The molecule has 2 atom stereocenters. The number of carboxylic acid groups (broad SMARTS) is 1. The van der Waals surface area contributed by atoms with Crippen LogP contribution in [0.5, 0.6) is 0 Å². The maximum Gasteiger partial charge on any atom is 0.327 e. The number of carbonyl (C=O) groups is 3. The molecule has 0 fully saturated rings. The number of aromatic nitrogens is 1. The van der Waals surface area contributed by atoms with Gasteiger partial charge in [-0.1, -0.05) is 60.6 Å². The second-order valence-corrected chi connectivity index (χ2v) is 10.9. The van der Waals surface area contributed by atoms with Gasteiger partial charge in [-0.15, -0.1) is 0 Å². The van der Waals surface area contributed by atoms with Gasteiger partial charge in [-0.25, -0.2) is 4.79 Å². The third-order valence-electron chi connectivity index (χ3n) is 3.95. The quantitative estimate of drug-likeness (QED) is 0.449. The van der Waals surface area contributed by atoms with E-state index in [-0.39, 0.29) is 22.8 Å². The molecule has 0 bridgehead atoms. The van der Waals surface area contributed by atoms with Gasteiger partial charge in [-0.05, 0) is 11.6 Å². The zero-order valence-electron chi connectivity index (χ0n) is 16.9. The third-order valence-corrected chi connectivity index (χ3v) is 7.30. The lowest BCUT2D eigenvalue weighted by Crippen LogP contribution is -2.52. The zero-order valence-corrected chi connectivity index (χ0v) is 18.6. The monoisotopic (exact) mass is 437 g/mol. The molecule has 0 aliphatic heterocycles. The highest BCUT2D eigenvalue weighted by atomic mass is 33.1. The number of hydrogen-bond acceptors (Lipinski definition) is 5. The molecule has 0 aliphatic carbocycles. The van der Waals surface area contributed by atoms with Gasteiger partial charge >= 0.3 is 5.97 Å². The number of carboxylic acids is 1. The minimum Gasteiger partial charge on any atom is -0.480 e. The van der Waals surface area contributed by atoms with E-state index in [2.05, 4.69) is 15.6 Å². The summed E-state index contributed by atoms with van der Waals surface area (Å²) in [7, 11) is 2.96. The number of aliphatic carboxylic acids is 1. The number of rotatable bonds is 9. The molecule has 1 unspecified atom stereocenters. The summed E-state index contributed by atoms with van der Waals surface area (Å²) in [6, 6.07) is 5.76. The fourth-order valence-corrected chi connectivity index (χ4v) is 5.16. The van der Waals surface area contributed by atoms with Crippen molar-refractivity contribution in [1.29, 1.82) is 0 Å². The minimum absolute atomic E-state index is 0.0220. The number of fused-ring (bicyclic) bond motifs is 1. The third kappa shape index (κ3) is 7.32. The molecule has 4 N–H and O–H groups in total. The predicted octanol–water partition coefficient (Wildman–Crippen LogP) is 2.96. The van der Waals surface area contributed by atoms with Crippen molar-refractivity contribution in [2.45, 2.75) is 50.9 Å². The van der Waals surface area contributed by atoms with Crippen LogP contribution >= 0.6 is 21.6 Å². The average molecular weight is 438 g/mol. The summed E-state index contributed by atoms with van der Waals surface area (Å²) in [5.74, 6) is -1.74. The molecule has 1 aromatic heterocycles. The molecule has 2 amide bonds. The van der Waals surface area contributed by atoms with Crippen LogP contribution in [-0.4, -0.2) is 50.5 Å². The van der Waals surface area contributed by atoms with Crippen molar-refractivity contribution in [3.8, 4) is 0 Å². The van der Waals surface area contributed by atoms with E-state index in [0.717, 1.165) is 16.5 Å². The van der Waals surface area contributed by atoms with Gasteiger partial charge < -0.3 is 20.7 Å². The fraction of sp³-hybridized carbons (Fsp3) is 0.450. The van der Waals surface area contributed by atoms with Gasteiger partial charge in [0.1, 0.15) is 12.1 Å². The van der Waals surface area contributed by atoms with Gasteiger partial charge in [0.15, 0.2) is 0 Å². The smallest absolute Gasteiger partial charge is 0.327 e. The van der Waals surface area contributed by atoms with Crippen LogP contribution in [0, 0.1) is 0 Å². The van der Waals surface area contributed by atoms with Gasteiger partial charge in [0.05, 0.1) is 0 Å². The zero-order chi connectivity index (χ0) is 21.6. The first-order chi connectivity index (χ1) is 13.6. The molecular weight excluding hydrogens is 410 g/mol. The van der Waals surface area contributed by atoms with Gasteiger partial charge in [0.2, 0.25) is 11.8 Å². The fourth-order valence-electron chi connectivity index (χ4n) is 2.70. The Morgan fingerprint density at radius 2 is 1.83 bits per heavy atom. The van der Waals surface area contributed by atoms with E-state index in [1.807, 2.05) is 45.0 Å². The van der Waals surface area contributed by atoms with Crippen molar-refractivity contribution < 1.29 is 19.5 Å². The Morgan fingerprint density at radius 1 is 1.14 bits per heavy atom. The first kappa shape index (κ1) is 23.2. The lowest BCUT2D eigenvalue weighted by atomic mass is 10.0. The van der Waals surface area contributed by atoms with E-state index in [1.54, 1.807) is 17.0 Å². The maximum atomic E-state index is 12.8. The predicted molar refractivity (Wildman–Crippen MR) is 119 cm³/mol. The van der Waals surface area contributed by atoms with Gasteiger partial charge in [-0.3, -0.25) is 9.59 Å². The highest BCUT2D eigenvalue weighted by Gasteiger charge is 2.27. The summed E-state index contributed by atoms with van der Waals surface area (Å²) in [6.45, 7) is 7.44. The molecule has 1 heterocycles. The average Bonchev–Trinajstić information content (AvgIpc) is 3.02. The number of para-hydroxylation sites is 1. The highest BCUT2D eigenvalue weighted by molar-refractivity contribution is 8.77. The van der Waals surface area contributed by atoms with Crippen molar-refractivity contribution in [1.82, 2.24) is 15.6 Å². The molecule has 0 radical (unpaired) electrons. The second kappa shape index (κ2) is 10.1. The number of amides is 2. The van der Waals surface area contributed by atoms with Crippen molar-refractivity contribution in [3.05, 3.63) is 36.0 Å². The van der Waals surface area contributed by atoms with Crippen LogP contribution in [0.3, 0.4) is 0 Å². The summed E-state index contributed by atoms with van der Waals surface area (Å²) >= 11 is 0. The summed E-state index contributed by atoms with van der Waals surface area (Å²) in [6.07, 6.45) is 2.06. The van der Waals surface area contributed by atoms with E-state index in [9.17, 15) is 19.5 Å². The SMILES string of the molecule is CC(=O)N[C@@H](Cc1c[nH]c2ccccc12)C(=O)NC(CSSC(C)(C)C)C(=O)O. The number of carbonyl (C=O) groups excluding carboxylic acids is 2. The molecule has 2 aromatic rings. The molecule has 29 heavy (non-hydrogen) atoms. The van der Waals surface area contributed by atoms with Crippen LogP contribution < -0.4 is 10.6 Å². The number of hydrogen-bond donors (Lipinski definition) is 4. The molecular formula is C20H27N3O4S2. The number of nitrogens with one attached hydrogen (secondary N) is 3. The molecule has 7 nitrogen and oxygen atoms in total. The normalized spacial score (nSPS) is 13.7. The topological polar surface area (TPSA) is 111 Å². The highest BCUT2D eigenvalue weighted by Crippen LogP contribution is 2.35. The Labute approximate surface area is 178 Å². The second-order valence-electron chi connectivity index (χ2n) is 7.70. The minimum atomic E-state index is -1.10. The molecule has 9 heteroatoms. The summed E-state index contributed by atoms with van der Waals surface area (Å²) < 4.78 is -0.0220. The number of aromatic amines is 1. The van der Waals surface area contributed by atoms with Crippen LogP contribution in [0.15, 0.2) is 30.5 Å². The lowest BCUT2D eigenvalue weighted by molar-refractivity contribution is -0.141. The van der Waals surface area contributed by atoms with E-state index >= 15 is 0 Å². The van der Waals surface area contributed by atoms with Crippen molar-refractivity contribution in [2.75, 3.05) is 5.75 Å². The Kier molecular flexibility index (Phi) is 8.04. The van der Waals surface area contributed by atoms with Crippen molar-refractivity contribution in [3.63, 3.8) is 0 Å². The first-order valence-corrected chi connectivity index (χ1v) is 11.5. The number of benzene rings is 1. The Balaban J connectivity index is 2.10. The summed E-state index contributed by atoms with van der Waals surface area (Å²) in [4.78, 5) is 39.2. The van der Waals surface area contributed by atoms with Crippen molar-refractivity contribution >= 4 is 50.3 Å². The maximum absolute atomic E-state index is 12.8.